The highest BCUT2D eigenvalue weighted by Gasteiger charge is 2.17. The van der Waals surface area contributed by atoms with Crippen LogP contribution in [0.2, 0.25) is 5.02 Å². The first-order valence-electron chi connectivity index (χ1n) is 6.74. The van der Waals surface area contributed by atoms with Gasteiger partial charge < -0.3 is 15.8 Å². The molecule has 0 aliphatic carbocycles. The lowest BCUT2D eigenvalue weighted by molar-refractivity contribution is 0.0509. The quantitative estimate of drug-likeness (QED) is 0.890. The van der Waals surface area contributed by atoms with Crippen molar-refractivity contribution in [3.05, 3.63) is 28.9 Å². The summed E-state index contributed by atoms with van der Waals surface area (Å²) in [5.41, 5.74) is 6.00. The number of nitrogens with one attached hydrogen (secondary N) is 1. The van der Waals surface area contributed by atoms with Gasteiger partial charge in [-0.2, -0.15) is 0 Å². The highest BCUT2D eigenvalue weighted by molar-refractivity contribution is 6.30. The lowest BCUT2D eigenvalue weighted by atomic mass is 10.2. The van der Waals surface area contributed by atoms with Crippen molar-refractivity contribution in [2.45, 2.75) is 45.8 Å². The fourth-order valence-corrected chi connectivity index (χ4v) is 1.73. The van der Waals surface area contributed by atoms with Crippen molar-refractivity contribution < 1.29 is 9.53 Å². The summed E-state index contributed by atoms with van der Waals surface area (Å²) >= 11 is 5.86. The van der Waals surface area contributed by atoms with Crippen molar-refractivity contribution in [2.75, 3.05) is 5.73 Å². The number of aromatic nitrogens is 1. The van der Waals surface area contributed by atoms with E-state index in [-0.39, 0.29) is 6.04 Å². The molecule has 0 saturated carbocycles. The number of anilines is 1. The van der Waals surface area contributed by atoms with Crippen molar-refractivity contribution >= 4 is 29.6 Å². The van der Waals surface area contributed by atoms with Gasteiger partial charge in [-0.1, -0.05) is 23.8 Å². The summed E-state index contributed by atoms with van der Waals surface area (Å²) in [5.74, 6) is 0.420. The van der Waals surface area contributed by atoms with Gasteiger partial charge in [0.2, 0.25) is 0 Å². The lowest BCUT2D eigenvalue weighted by Gasteiger charge is -2.21. The Morgan fingerprint density at radius 2 is 2.24 bits per heavy atom. The Balaban J connectivity index is 2.49. The van der Waals surface area contributed by atoms with Gasteiger partial charge >= 0.3 is 6.09 Å². The second-order valence-corrected chi connectivity index (χ2v) is 6.25. The van der Waals surface area contributed by atoms with Crippen LogP contribution in [-0.2, 0) is 4.74 Å². The molecule has 21 heavy (non-hydrogen) atoms. The van der Waals surface area contributed by atoms with Crippen LogP contribution in [0.15, 0.2) is 18.3 Å². The number of alkyl carbamates (subject to hydrolysis) is 1. The molecule has 0 aliphatic rings. The molecule has 3 N–H and O–H groups in total. The monoisotopic (exact) mass is 311 g/mol. The average molecular weight is 312 g/mol. The highest BCUT2D eigenvalue weighted by atomic mass is 35.5. The third kappa shape index (κ3) is 6.99. The molecule has 0 unspecified atom stereocenters. The van der Waals surface area contributed by atoms with Crippen molar-refractivity contribution in [1.29, 1.82) is 0 Å². The molecule has 6 heteroatoms. The van der Waals surface area contributed by atoms with E-state index in [1.807, 2.05) is 39.8 Å². The number of nitrogens with two attached hydrogens (primary N) is 1. The summed E-state index contributed by atoms with van der Waals surface area (Å²) in [6.07, 6.45) is 5.46. The zero-order valence-electron chi connectivity index (χ0n) is 12.8. The standard InChI is InChI=1S/C15H22ClN3O2/c1-10(19-14(20)21-15(2,3)4)6-5-7-11-8-12(16)9-18-13(11)17/h5,7-10H,6H2,1-4H3,(H2,17,18)(H,19,20)/b7-5+/t10-/m0/s1. The normalized spacial score (nSPS) is 13.2. The average Bonchev–Trinajstić information content (AvgIpc) is 2.31. The van der Waals surface area contributed by atoms with Gasteiger partial charge in [0.05, 0.1) is 5.02 Å². The zero-order chi connectivity index (χ0) is 16.0. The van der Waals surface area contributed by atoms with Crippen LogP contribution in [0.5, 0.6) is 0 Å². The molecule has 0 radical (unpaired) electrons. The molecule has 0 bridgehead atoms. The Bertz CT molecular complexity index is 524. The van der Waals surface area contributed by atoms with Crippen molar-refractivity contribution in [3.63, 3.8) is 0 Å². The smallest absolute Gasteiger partial charge is 0.407 e. The molecule has 1 aromatic heterocycles. The molecule has 1 rings (SSSR count). The van der Waals surface area contributed by atoms with E-state index in [0.717, 1.165) is 5.56 Å². The molecule has 1 atom stereocenters. The molecule has 0 spiro atoms. The van der Waals surface area contributed by atoms with Gasteiger partial charge in [0.15, 0.2) is 0 Å². The number of hydrogen-bond donors (Lipinski definition) is 2. The molecular formula is C15H22ClN3O2. The summed E-state index contributed by atoms with van der Waals surface area (Å²) in [6.45, 7) is 7.37. The third-order valence-corrected chi connectivity index (χ3v) is 2.67. The van der Waals surface area contributed by atoms with Gasteiger partial charge in [0.1, 0.15) is 11.4 Å². The number of rotatable bonds is 4. The second kappa shape index (κ2) is 7.31. The maximum Gasteiger partial charge on any atom is 0.407 e. The minimum Gasteiger partial charge on any atom is -0.444 e. The summed E-state index contributed by atoms with van der Waals surface area (Å²) in [6, 6.07) is 1.69. The molecule has 116 valence electrons. The molecule has 5 nitrogen and oxygen atoms in total. The summed E-state index contributed by atoms with van der Waals surface area (Å²) in [5, 5.41) is 3.29. The first-order valence-corrected chi connectivity index (χ1v) is 7.12. The molecule has 0 aliphatic heterocycles. The molecule has 1 heterocycles. The third-order valence-electron chi connectivity index (χ3n) is 2.47. The van der Waals surface area contributed by atoms with E-state index >= 15 is 0 Å². The first-order chi connectivity index (χ1) is 9.67. The molecule has 0 saturated heterocycles. The molecule has 1 aromatic rings. The number of carbonyl (C=O) groups excluding carboxylic acids is 1. The Morgan fingerprint density at radius 3 is 2.86 bits per heavy atom. The number of nitrogens with zero attached hydrogens (tertiary/aromatic N) is 1. The SMILES string of the molecule is C[C@@H](C/C=C/c1cc(Cl)cnc1N)NC(=O)OC(C)(C)C. The number of nitrogen functional groups attached to an aromatic ring is 1. The lowest BCUT2D eigenvalue weighted by Crippen LogP contribution is -2.37. The van der Waals surface area contributed by atoms with E-state index in [9.17, 15) is 4.79 Å². The minimum absolute atomic E-state index is 0.0514. The first kappa shape index (κ1) is 17.3. The van der Waals surface area contributed by atoms with Crippen LogP contribution < -0.4 is 11.1 Å². The number of pyridine rings is 1. The summed E-state index contributed by atoms with van der Waals surface area (Å²) in [4.78, 5) is 15.6. The predicted octanol–water partition coefficient (Wildman–Crippen LogP) is 3.63. The molecule has 0 aromatic carbocycles. The maximum absolute atomic E-state index is 11.6. The Hall–Kier alpha value is -1.75. The van der Waals surface area contributed by atoms with Gasteiger partial charge in [-0.15, -0.1) is 0 Å². The van der Waals surface area contributed by atoms with Crippen LogP contribution in [0.25, 0.3) is 6.08 Å². The van der Waals surface area contributed by atoms with E-state index in [1.54, 1.807) is 6.07 Å². The highest BCUT2D eigenvalue weighted by Crippen LogP contribution is 2.16. The zero-order valence-corrected chi connectivity index (χ0v) is 13.6. The molecule has 1 amide bonds. The van der Waals surface area contributed by atoms with Crippen LogP contribution in [0, 0.1) is 0 Å². The van der Waals surface area contributed by atoms with Crippen LogP contribution in [0.1, 0.15) is 39.7 Å². The maximum atomic E-state index is 11.6. The van der Waals surface area contributed by atoms with Gasteiger partial charge in [-0.25, -0.2) is 9.78 Å². The number of amides is 1. The number of carbonyl (C=O) groups is 1. The predicted molar refractivity (Wildman–Crippen MR) is 86.1 cm³/mol. The number of ether oxygens (including phenoxy) is 1. The van der Waals surface area contributed by atoms with E-state index in [2.05, 4.69) is 10.3 Å². The van der Waals surface area contributed by atoms with Crippen molar-refractivity contribution in [2.24, 2.45) is 0 Å². The van der Waals surface area contributed by atoms with Gasteiger partial charge in [-0.05, 0) is 40.2 Å². The van der Waals surface area contributed by atoms with E-state index in [4.69, 9.17) is 22.1 Å². The van der Waals surface area contributed by atoms with Gasteiger partial charge in [0.25, 0.3) is 0 Å². The van der Waals surface area contributed by atoms with Crippen LogP contribution in [-0.4, -0.2) is 22.7 Å². The van der Waals surface area contributed by atoms with Crippen molar-refractivity contribution in [3.8, 4) is 0 Å². The topological polar surface area (TPSA) is 77.2 Å². The Labute approximate surface area is 130 Å². The second-order valence-electron chi connectivity index (χ2n) is 5.81. The fourth-order valence-electron chi connectivity index (χ4n) is 1.57. The summed E-state index contributed by atoms with van der Waals surface area (Å²) in [7, 11) is 0. The van der Waals surface area contributed by atoms with Gasteiger partial charge in [-0.3, -0.25) is 0 Å². The van der Waals surface area contributed by atoms with Crippen molar-refractivity contribution in [1.82, 2.24) is 10.3 Å². The number of halogens is 1. The van der Waals surface area contributed by atoms with Gasteiger partial charge in [0, 0.05) is 17.8 Å². The van der Waals surface area contributed by atoms with E-state index in [0.29, 0.717) is 17.3 Å². The Kier molecular flexibility index (Phi) is 6.03. The van der Waals surface area contributed by atoms with Crippen LogP contribution >= 0.6 is 11.6 Å². The Morgan fingerprint density at radius 1 is 1.57 bits per heavy atom. The largest absolute Gasteiger partial charge is 0.444 e. The van der Waals surface area contributed by atoms with E-state index < -0.39 is 11.7 Å². The van der Waals surface area contributed by atoms with Crippen LogP contribution in [0.3, 0.4) is 0 Å². The summed E-state index contributed by atoms with van der Waals surface area (Å²) < 4.78 is 5.19. The fraction of sp³-hybridized carbons (Fsp3) is 0.467. The molecular weight excluding hydrogens is 290 g/mol. The van der Waals surface area contributed by atoms with E-state index in [1.165, 1.54) is 6.20 Å². The molecule has 0 fully saturated rings. The number of hydrogen-bond acceptors (Lipinski definition) is 4. The minimum atomic E-state index is -0.499. The van der Waals surface area contributed by atoms with Crippen LogP contribution in [0.4, 0.5) is 10.6 Å².